The summed E-state index contributed by atoms with van der Waals surface area (Å²) in [6.45, 7) is 2.03. The van der Waals surface area contributed by atoms with E-state index in [0.29, 0.717) is 15.8 Å². The van der Waals surface area contributed by atoms with Gasteiger partial charge in [-0.05, 0) is 49.0 Å². The molecule has 0 spiro atoms. The van der Waals surface area contributed by atoms with Crippen molar-refractivity contribution in [1.82, 2.24) is 9.78 Å². The van der Waals surface area contributed by atoms with Gasteiger partial charge in [0.05, 0.1) is 23.8 Å². The summed E-state index contributed by atoms with van der Waals surface area (Å²) < 4.78 is 6.70. The number of carbonyl (C=O) groups excluding carboxylic acids is 2. The first-order valence-electron chi connectivity index (χ1n) is 9.61. The first kappa shape index (κ1) is 21.1. The third-order valence-electron chi connectivity index (χ3n) is 4.44. The number of nitrogens with zero attached hydrogens (tertiary/aromatic N) is 3. The zero-order valence-electron chi connectivity index (χ0n) is 16.6. The Labute approximate surface area is 188 Å². The smallest absolute Gasteiger partial charge is 0.312 e. The number of para-hydroxylation sites is 1. The molecule has 6 nitrogen and oxygen atoms in total. The summed E-state index contributed by atoms with van der Waals surface area (Å²) in [7, 11) is 0. The molecule has 0 radical (unpaired) electrons. The summed E-state index contributed by atoms with van der Waals surface area (Å²) in [5.74, 6) is -0.401. The van der Waals surface area contributed by atoms with Gasteiger partial charge in [-0.15, -0.1) is 0 Å². The van der Waals surface area contributed by atoms with Crippen LogP contribution >= 0.6 is 23.4 Å². The average molecular weight is 452 g/mol. The predicted octanol–water partition coefficient (Wildman–Crippen LogP) is 5.16. The number of hydrogen-bond acceptors (Lipinski definition) is 6. The first-order valence-corrected chi connectivity index (χ1v) is 10.8. The van der Waals surface area contributed by atoms with Gasteiger partial charge in [-0.2, -0.15) is 5.10 Å². The van der Waals surface area contributed by atoms with E-state index in [2.05, 4.69) is 4.99 Å². The first-order chi connectivity index (χ1) is 15.0. The van der Waals surface area contributed by atoms with E-state index in [1.54, 1.807) is 29.8 Å². The minimum absolute atomic E-state index is 0.0189. The number of rotatable bonds is 6. The van der Waals surface area contributed by atoms with Gasteiger partial charge in [0.1, 0.15) is 11.4 Å². The minimum atomic E-state index is -0.401. The lowest BCUT2D eigenvalue weighted by atomic mass is 10.1. The van der Waals surface area contributed by atoms with Crippen molar-refractivity contribution >= 4 is 45.6 Å². The fraction of sp³-hybridized carbons (Fsp3) is 0.130. The molecule has 2 aromatic carbocycles. The van der Waals surface area contributed by atoms with Crippen LogP contribution in [0.2, 0.25) is 5.02 Å². The maximum absolute atomic E-state index is 12.5. The summed E-state index contributed by atoms with van der Waals surface area (Å²) >= 11 is 6.99. The Kier molecular flexibility index (Phi) is 6.34. The molecular weight excluding hydrogens is 434 g/mol. The number of halogens is 1. The Hall–Kier alpha value is -3.16. The number of hydrogen-bond donors (Lipinski definition) is 0. The van der Waals surface area contributed by atoms with Crippen molar-refractivity contribution in [3.63, 3.8) is 0 Å². The molecule has 1 aliphatic rings. The molecule has 0 amide bonds. The highest BCUT2D eigenvalue weighted by Crippen LogP contribution is 2.31. The third-order valence-corrected chi connectivity index (χ3v) is 5.56. The maximum Gasteiger partial charge on any atom is 0.312 e. The van der Waals surface area contributed by atoms with Crippen LogP contribution < -0.4 is 0 Å². The zero-order chi connectivity index (χ0) is 21.8. The monoisotopic (exact) mass is 451 g/mol. The topological polar surface area (TPSA) is 73.5 Å². The predicted molar refractivity (Wildman–Crippen MR) is 123 cm³/mol. The Morgan fingerprint density at radius 2 is 1.90 bits per heavy atom. The Balaban J connectivity index is 1.73. The molecule has 0 unspecified atom stereocenters. The van der Waals surface area contributed by atoms with E-state index < -0.39 is 5.97 Å². The van der Waals surface area contributed by atoms with Crippen LogP contribution in [0.15, 0.2) is 71.5 Å². The van der Waals surface area contributed by atoms with E-state index >= 15 is 0 Å². The lowest BCUT2D eigenvalue weighted by Crippen LogP contribution is -2.07. The summed E-state index contributed by atoms with van der Waals surface area (Å²) in [5.41, 5.74) is 3.45. The number of benzene rings is 2. The summed E-state index contributed by atoms with van der Waals surface area (Å²) in [4.78, 5) is 28.6. The molecule has 0 bridgehead atoms. The number of aromatic nitrogens is 2. The molecule has 1 aliphatic heterocycles. The van der Waals surface area contributed by atoms with Crippen molar-refractivity contribution in [3.8, 4) is 16.9 Å². The highest BCUT2D eigenvalue weighted by molar-refractivity contribution is 8.27. The second-order valence-electron chi connectivity index (χ2n) is 6.63. The van der Waals surface area contributed by atoms with Crippen LogP contribution in [0.5, 0.6) is 0 Å². The molecule has 0 fully saturated rings. The van der Waals surface area contributed by atoms with Crippen molar-refractivity contribution in [2.45, 2.75) is 13.3 Å². The van der Waals surface area contributed by atoms with E-state index in [4.69, 9.17) is 21.4 Å². The van der Waals surface area contributed by atoms with Crippen LogP contribution in [0.3, 0.4) is 0 Å². The van der Waals surface area contributed by atoms with Crippen LogP contribution in [-0.2, 0) is 14.3 Å². The number of thioether (sulfide) groups is 1. The minimum Gasteiger partial charge on any atom is -0.466 e. The quantitative estimate of drug-likeness (QED) is 0.382. The fourth-order valence-electron chi connectivity index (χ4n) is 3.05. The fourth-order valence-corrected chi connectivity index (χ4v) is 3.93. The zero-order valence-corrected chi connectivity index (χ0v) is 18.2. The molecule has 2 heterocycles. The number of esters is 1. The van der Waals surface area contributed by atoms with Gasteiger partial charge in [-0.1, -0.05) is 41.9 Å². The Morgan fingerprint density at radius 1 is 1.16 bits per heavy atom. The SMILES string of the molecule is CCOC(=O)CC1=NC(=Cc2cn(-c3ccccc3)nc2-c2ccc(Cl)cc2)C(=O)S1. The van der Waals surface area contributed by atoms with Gasteiger partial charge in [0.15, 0.2) is 0 Å². The second kappa shape index (κ2) is 9.32. The van der Waals surface area contributed by atoms with E-state index in [-0.39, 0.29) is 23.8 Å². The van der Waals surface area contributed by atoms with Crippen LogP contribution in [0, 0.1) is 0 Å². The maximum atomic E-state index is 12.5. The molecule has 0 N–H and O–H groups in total. The molecule has 4 rings (SSSR count). The Morgan fingerprint density at radius 3 is 2.61 bits per heavy atom. The van der Waals surface area contributed by atoms with Gasteiger partial charge in [-0.25, -0.2) is 9.67 Å². The number of aliphatic imine (C=N–C) groups is 1. The van der Waals surface area contributed by atoms with Crippen LogP contribution in [-0.4, -0.2) is 32.5 Å². The molecule has 0 aliphatic carbocycles. The number of ether oxygens (including phenoxy) is 1. The molecule has 0 atom stereocenters. The van der Waals surface area contributed by atoms with Crippen molar-refractivity contribution in [2.24, 2.45) is 4.99 Å². The van der Waals surface area contributed by atoms with Crippen molar-refractivity contribution in [2.75, 3.05) is 6.61 Å². The summed E-state index contributed by atoms with van der Waals surface area (Å²) in [6, 6.07) is 17.0. The van der Waals surface area contributed by atoms with Gasteiger partial charge in [0, 0.05) is 22.3 Å². The molecule has 156 valence electrons. The second-order valence-corrected chi connectivity index (χ2v) is 8.11. The molecule has 0 saturated carbocycles. The lowest BCUT2D eigenvalue weighted by Gasteiger charge is -2.01. The molecule has 3 aromatic rings. The molecule has 0 saturated heterocycles. The van der Waals surface area contributed by atoms with Gasteiger partial charge < -0.3 is 4.74 Å². The summed E-state index contributed by atoms with van der Waals surface area (Å²) in [6.07, 6.45) is 3.53. The van der Waals surface area contributed by atoms with Crippen LogP contribution in [0.4, 0.5) is 0 Å². The van der Waals surface area contributed by atoms with Crippen LogP contribution in [0.1, 0.15) is 18.9 Å². The van der Waals surface area contributed by atoms with Gasteiger partial charge in [0.2, 0.25) is 5.12 Å². The molecule has 31 heavy (non-hydrogen) atoms. The van der Waals surface area contributed by atoms with Crippen molar-refractivity contribution in [3.05, 3.63) is 77.1 Å². The van der Waals surface area contributed by atoms with Gasteiger partial charge in [-0.3, -0.25) is 9.59 Å². The van der Waals surface area contributed by atoms with E-state index in [0.717, 1.165) is 28.6 Å². The van der Waals surface area contributed by atoms with E-state index in [1.807, 2.05) is 48.7 Å². The van der Waals surface area contributed by atoms with Gasteiger partial charge >= 0.3 is 5.97 Å². The standard InChI is InChI=1S/C23H18ClN3O3S/c1-2-30-21(28)13-20-25-19(23(29)31-20)12-16-14-27(18-6-4-3-5-7-18)26-22(16)15-8-10-17(24)11-9-15/h3-12,14H,2,13H2,1H3. The third kappa shape index (κ3) is 4.95. The largest absolute Gasteiger partial charge is 0.466 e. The van der Waals surface area contributed by atoms with Crippen LogP contribution in [0.25, 0.3) is 23.0 Å². The molecular formula is C23H18ClN3O3S. The molecule has 1 aromatic heterocycles. The molecule has 8 heteroatoms. The number of carbonyl (C=O) groups is 2. The Bertz CT molecular complexity index is 1180. The van der Waals surface area contributed by atoms with E-state index in [1.165, 1.54) is 0 Å². The normalized spacial score (nSPS) is 14.7. The van der Waals surface area contributed by atoms with E-state index in [9.17, 15) is 9.59 Å². The highest BCUT2D eigenvalue weighted by Gasteiger charge is 2.25. The highest BCUT2D eigenvalue weighted by atomic mass is 35.5. The van der Waals surface area contributed by atoms with Crippen molar-refractivity contribution in [1.29, 1.82) is 0 Å². The summed E-state index contributed by atoms with van der Waals surface area (Å²) in [5, 5.41) is 5.57. The van der Waals surface area contributed by atoms with Crippen molar-refractivity contribution < 1.29 is 14.3 Å². The van der Waals surface area contributed by atoms with Gasteiger partial charge in [0.25, 0.3) is 0 Å². The average Bonchev–Trinajstić information content (AvgIpc) is 3.33. The lowest BCUT2D eigenvalue weighted by molar-refractivity contribution is -0.141.